The molecule has 1 aromatic carbocycles. The lowest BCUT2D eigenvalue weighted by Crippen LogP contribution is -2.48. The SMILES string of the molecule is Cc1nc2ccc(C(=O)N3CCN(Cc4ccc5c(c4)OCO5)CC3)cn2n1. The van der Waals surface area contributed by atoms with Crippen LogP contribution in [-0.2, 0) is 6.54 Å². The Bertz CT molecular complexity index is 1040. The van der Waals surface area contributed by atoms with Crippen molar-refractivity contribution in [1.82, 2.24) is 24.4 Å². The molecule has 0 atom stereocenters. The fourth-order valence-electron chi connectivity index (χ4n) is 3.71. The minimum absolute atomic E-state index is 0.0396. The monoisotopic (exact) mass is 379 g/mol. The molecule has 2 aliphatic rings. The normalized spacial score (nSPS) is 16.7. The van der Waals surface area contributed by atoms with E-state index in [9.17, 15) is 4.79 Å². The van der Waals surface area contributed by atoms with Crippen LogP contribution in [0.15, 0.2) is 36.5 Å². The van der Waals surface area contributed by atoms with Crippen LogP contribution in [0.2, 0.25) is 0 Å². The van der Waals surface area contributed by atoms with Gasteiger partial charge in [-0.05, 0) is 36.8 Å². The quantitative estimate of drug-likeness (QED) is 0.690. The Morgan fingerprint density at radius 3 is 2.75 bits per heavy atom. The first kappa shape index (κ1) is 17.0. The number of nitrogens with zero attached hydrogens (tertiary/aromatic N) is 5. The largest absolute Gasteiger partial charge is 0.454 e. The van der Waals surface area contributed by atoms with Crippen molar-refractivity contribution < 1.29 is 14.3 Å². The van der Waals surface area contributed by atoms with E-state index in [2.05, 4.69) is 21.0 Å². The van der Waals surface area contributed by atoms with Crippen LogP contribution in [0.1, 0.15) is 21.7 Å². The lowest BCUT2D eigenvalue weighted by Gasteiger charge is -2.34. The Kier molecular flexibility index (Phi) is 4.12. The number of amides is 1. The lowest BCUT2D eigenvalue weighted by atomic mass is 10.1. The molecule has 2 aromatic heterocycles. The second kappa shape index (κ2) is 6.79. The molecule has 8 nitrogen and oxygen atoms in total. The Morgan fingerprint density at radius 1 is 1.07 bits per heavy atom. The number of carbonyl (C=O) groups is 1. The first-order valence-electron chi connectivity index (χ1n) is 9.39. The van der Waals surface area contributed by atoms with Crippen molar-refractivity contribution in [1.29, 1.82) is 0 Å². The minimum atomic E-state index is 0.0396. The van der Waals surface area contributed by atoms with E-state index in [0.29, 0.717) is 31.3 Å². The summed E-state index contributed by atoms with van der Waals surface area (Å²) in [6.07, 6.45) is 1.76. The van der Waals surface area contributed by atoms with Crippen molar-refractivity contribution >= 4 is 11.6 Å². The average Bonchev–Trinajstić information content (AvgIpc) is 3.32. The molecular weight excluding hydrogens is 358 g/mol. The molecule has 0 saturated carbocycles. The van der Waals surface area contributed by atoms with Gasteiger partial charge in [-0.25, -0.2) is 9.50 Å². The number of pyridine rings is 1. The van der Waals surface area contributed by atoms with E-state index < -0.39 is 0 Å². The van der Waals surface area contributed by atoms with E-state index in [1.54, 1.807) is 10.7 Å². The predicted octanol–water partition coefficient (Wildman–Crippen LogP) is 1.72. The van der Waals surface area contributed by atoms with Crippen LogP contribution in [0, 0.1) is 6.92 Å². The highest BCUT2D eigenvalue weighted by Crippen LogP contribution is 2.32. The van der Waals surface area contributed by atoms with Crippen LogP contribution in [0.5, 0.6) is 11.5 Å². The molecule has 0 radical (unpaired) electrons. The number of benzene rings is 1. The number of carbonyl (C=O) groups excluding carboxylic acids is 1. The van der Waals surface area contributed by atoms with E-state index in [4.69, 9.17) is 9.47 Å². The van der Waals surface area contributed by atoms with E-state index in [-0.39, 0.29) is 5.91 Å². The summed E-state index contributed by atoms with van der Waals surface area (Å²) < 4.78 is 12.5. The van der Waals surface area contributed by atoms with Crippen molar-refractivity contribution in [3.05, 3.63) is 53.5 Å². The number of hydrogen-bond acceptors (Lipinski definition) is 6. The van der Waals surface area contributed by atoms with Gasteiger partial charge in [0.15, 0.2) is 17.1 Å². The first-order chi connectivity index (χ1) is 13.7. The van der Waals surface area contributed by atoms with Crippen molar-refractivity contribution in [2.45, 2.75) is 13.5 Å². The summed E-state index contributed by atoms with van der Waals surface area (Å²) in [6, 6.07) is 9.73. The average molecular weight is 379 g/mol. The molecule has 0 bridgehead atoms. The van der Waals surface area contributed by atoms with Crippen molar-refractivity contribution in [3.63, 3.8) is 0 Å². The summed E-state index contributed by atoms with van der Waals surface area (Å²) in [4.78, 5) is 21.4. The van der Waals surface area contributed by atoms with Gasteiger partial charge in [-0.2, -0.15) is 5.10 Å². The summed E-state index contributed by atoms with van der Waals surface area (Å²) in [5.41, 5.74) is 2.58. The van der Waals surface area contributed by atoms with Crippen molar-refractivity contribution in [2.24, 2.45) is 0 Å². The third-order valence-corrected chi connectivity index (χ3v) is 5.19. The third kappa shape index (κ3) is 3.16. The smallest absolute Gasteiger partial charge is 0.255 e. The second-order valence-corrected chi connectivity index (χ2v) is 7.14. The van der Waals surface area contributed by atoms with Gasteiger partial charge in [0.25, 0.3) is 5.91 Å². The molecule has 1 fully saturated rings. The summed E-state index contributed by atoms with van der Waals surface area (Å²) in [7, 11) is 0. The Morgan fingerprint density at radius 2 is 1.89 bits per heavy atom. The van der Waals surface area contributed by atoms with Gasteiger partial charge in [0.2, 0.25) is 6.79 Å². The molecule has 144 valence electrons. The van der Waals surface area contributed by atoms with E-state index >= 15 is 0 Å². The number of rotatable bonds is 3. The van der Waals surface area contributed by atoms with E-state index in [1.807, 2.05) is 36.1 Å². The minimum Gasteiger partial charge on any atom is -0.454 e. The number of aryl methyl sites for hydroxylation is 1. The zero-order valence-electron chi connectivity index (χ0n) is 15.7. The molecule has 3 aromatic rings. The highest BCUT2D eigenvalue weighted by molar-refractivity contribution is 5.94. The fraction of sp³-hybridized carbons (Fsp3) is 0.350. The van der Waals surface area contributed by atoms with Gasteiger partial charge in [0.05, 0.1) is 5.56 Å². The zero-order valence-corrected chi connectivity index (χ0v) is 15.7. The topological polar surface area (TPSA) is 72.2 Å². The fourth-order valence-corrected chi connectivity index (χ4v) is 3.71. The van der Waals surface area contributed by atoms with Crippen LogP contribution >= 0.6 is 0 Å². The van der Waals surface area contributed by atoms with Crippen LogP contribution < -0.4 is 9.47 Å². The highest BCUT2D eigenvalue weighted by Gasteiger charge is 2.23. The van der Waals surface area contributed by atoms with Gasteiger partial charge >= 0.3 is 0 Å². The van der Waals surface area contributed by atoms with Gasteiger partial charge in [-0.1, -0.05) is 6.07 Å². The summed E-state index contributed by atoms with van der Waals surface area (Å²) >= 11 is 0. The molecule has 0 unspecified atom stereocenters. The number of hydrogen-bond donors (Lipinski definition) is 0. The van der Waals surface area contributed by atoms with Crippen LogP contribution in [-0.4, -0.2) is 63.3 Å². The molecule has 0 N–H and O–H groups in total. The number of ether oxygens (including phenoxy) is 2. The second-order valence-electron chi connectivity index (χ2n) is 7.14. The molecule has 5 rings (SSSR count). The van der Waals surface area contributed by atoms with Crippen LogP contribution in [0.4, 0.5) is 0 Å². The Balaban J connectivity index is 1.22. The van der Waals surface area contributed by atoms with Crippen LogP contribution in [0.25, 0.3) is 5.65 Å². The van der Waals surface area contributed by atoms with E-state index in [1.165, 1.54) is 5.56 Å². The zero-order chi connectivity index (χ0) is 19.1. The lowest BCUT2D eigenvalue weighted by molar-refractivity contribution is 0.0628. The Hall–Kier alpha value is -3.13. The molecule has 1 saturated heterocycles. The molecule has 4 heterocycles. The summed E-state index contributed by atoms with van der Waals surface area (Å²) in [5.74, 6) is 2.35. The summed E-state index contributed by atoms with van der Waals surface area (Å²) in [6.45, 7) is 6.06. The molecular formula is C20H21N5O3. The number of piperazine rings is 1. The standard InChI is InChI=1S/C20H21N5O3/c1-14-21-19-5-3-16(12-25(19)22-14)20(26)24-8-6-23(7-9-24)11-15-2-4-17-18(10-15)28-13-27-17/h2-5,10,12H,6-9,11,13H2,1H3. The maximum atomic E-state index is 12.9. The maximum Gasteiger partial charge on any atom is 0.255 e. The van der Waals surface area contributed by atoms with Crippen molar-refractivity contribution in [3.8, 4) is 11.5 Å². The first-order valence-corrected chi connectivity index (χ1v) is 9.39. The van der Waals surface area contributed by atoms with Gasteiger partial charge in [0, 0.05) is 38.9 Å². The Labute approximate surface area is 162 Å². The summed E-state index contributed by atoms with van der Waals surface area (Å²) in [5, 5.41) is 4.29. The predicted molar refractivity (Wildman–Crippen MR) is 101 cm³/mol. The molecule has 28 heavy (non-hydrogen) atoms. The van der Waals surface area contributed by atoms with Gasteiger partial charge in [0.1, 0.15) is 5.82 Å². The highest BCUT2D eigenvalue weighted by atomic mass is 16.7. The van der Waals surface area contributed by atoms with Gasteiger partial charge < -0.3 is 14.4 Å². The molecule has 2 aliphatic heterocycles. The van der Waals surface area contributed by atoms with Gasteiger partial charge in [-0.3, -0.25) is 9.69 Å². The van der Waals surface area contributed by atoms with Gasteiger partial charge in [-0.15, -0.1) is 0 Å². The number of aromatic nitrogens is 3. The molecule has 0 spiro atoms. The maximum absolute atomic E-state index is 12.9. The van der Waals surface area contributed by atoms with E-state index in [0.717, 1.165) is 36.8 Å². The van der Waals surface area contributed by atoms with Crippen molar-refractivity contribution in [2.75, 3.05) is 33.0 Å². The third-order valence-electron chi connectivity index (χ3n) is 5.19. The molecule has 0 aliphatic carbocycles. The number of fused-ring (bicyclic) bond motifs is 2. The molecule has 8 heteroatoms. The van der Waals surface area contributed by atoms with Crippen LogP contribution in [0.3, 0.4) is 0 Å². The molecule has 1 amide bonds.